The topological polar surface area (TPSA) is 63.3 Å². The van der Waals surface area contributed by atoms with Crippen LogP contribution in [0.25, 0.3) is 10.9 Å². The van der Waals surface area contributed by atoms with Crippen molar-refractivity contribution in [2.24, 2.45) is 0 Å². The molecule has 4 rings (SSSR count). The number of aromatic amines is 1. The molecule has 0 unspecified atom stereocenters. The average molecular weight is 407 g/mol. The molecule has 1 aromatic heterocycles. The van der Waals surface area contributed by atoms with E-state index in [1.807, 2.05) is 36.5 Å². The van der Waals surface area contributed by atoms with E-state index in [1.165, 1.54) is 19.3 Å². The van der Waals surface area contributed by atoms with Crippen molar-refractivity contribution < 1.29 is 14.3 Å². The van der Waals surface area contributed by atoms with Gasteiger partial charge in [0.25, 0.3) is 0 Å². The highest BCUT2D eigenvalue weighted by Gasteiger charge is 2.26. The Morgan fingerprint density at radius 2 is 1.87 bits per heavy atom. The van der Waals surface area contributed by atoms with E-state index in [0.717, 1.165) is 46.4 Å². The van der Waals surface area contributed by atoms with Crippen molar-refractivity contribution in [3.05, 3.63) is 59.8 Å². The number of carbonyl (C=O) groups excluding carboxylic acids is 1. The Morgan fingerprint density at radius 1 is 1.07 bits per heavy atom. The Hall–Kier alpha value is -2.95. The highest BCUT2D eigenvalue weighted by Crippen LogP contribution is 2.39. The van der Waals surface area contributed by atoms with E-state index in [9.17, 15) is 4.79 Å². The van der Waals surface area contributed by atoms with Crippen LogP contribution >= 0.6 is 0 Å². The van der Waals surface area contributed by atoms with E-state index < -0.39 is 0 Å². The quantitative estimate of drug-likeness (QED) is 0.570. The number of H-pyrrole nitrogens is 1. The van der Waals surface area contributed by atoms with Gasteiger partial charge in [0.15, 0.2) is 0 Å². The monoisotopic (exact) mass is 406 g/mol. The van der Waals surface area contributed by atoms with Crippen molar-refractivity contribution in [1.82, 2.24) is 10.3 Å². The first-order valence-corrected chi connectivity index (χ1v) is 10.8. The van der Waals surface area contributed by atoms with Crippen LogP contribution in [0.1, 0.15) is 55.6 Å². The molecule has 1 fully saturated rings. The molecule has 5 heteroatoms. The predicted molar refractivity (Wildman–Crippen MR) is 119 cm³/mol. The third-order valence-corrected chi connectivity index (χ3v) is 6.17. The average Bonchev–Trinajstić information content (AvgIpc) is 3.22. The summed E-state index contributed by atoms with van der Waals surface area (Å²) in [5, 5.41) is 4.40. The van der Waals surface area contributed by atoms with Crippen molar-refractivity contribution in [1.29, 1.82) is 0 Å². The molecule has 0 aliphatic heterocycles. The summed E-state index contributed by atoms with van der Waals surface area (Å²) in [6.45, 7) is 0. The second kappa shape index (κ2) is 9.24. The van der Waals surface area contributed by atoms with Crippen LogP contribution in [0.4, 0.5) is 0 Å². The second-order valence-electron chi connectivity index (χ2n) is 8.06. The summed E-state index contributed by atoms with van der Waals surface area (Å²) in [7, 11) is 3.30. The summed E-state index contributed by atoms with van der Waals surface area (Å²) < 4.78 is 11.1. The maximum Gasteiger partial charge on any atom is 0.221 e. The number of aromatic nitrogens is 1. The summed E-state index contributed by atoms with van der Waals surface area (Å²) in [6.07, 6.45) is 8.22. The van der Waals surface area contributed by atoms with Gasteiger partial charge in [0, 0.05) is 47.1 Å². The molecule has 0 saturated heterocycles. The molecular formula is C25H30N2O3. The normalized spacial score (nSPS) is 15.7. The van der Waals surface area contributed by atoms with E-state index in [-0.39, 0.29) is 11.8 Å². The third kappa shape index (κ3) is 4.30. The van der Waals surface area contributed by atoms with Gasteiger partial charge in [-0.25, -0.2) is 0 Å². The van der Waals surface area contributed by atoms with Crippen molar-refractivity contribution in [2.75, 3.05) is 14.2 Å². The fraction of sp³-hybridized carbons (Fsp3) is 0.400. The summed E-state index contributed by atoms with van der Waals surface area (Å²) in [5.41, 5.74) is 3.16. The van der Waals surface area contributed by atoms with Crippen molar-refractivity contribution in [3.8, 4) is 11.5 Å². The predicted octanol–water partition coefficient (Wildman–Crippen LogP) is 5.16. The molecular weight excluding hydrogens is 376 g/mol. The van der Waals surface area contributed by atoms with E-state index in [2.05, 4.69) is 22.4 Å². The number of benzene rings is 2. The molecule has 158 valence electrons. The van der Waals surface area contributed by atoms with Gasteiger partial charge in [-0.2, -0.15) is 0 Å². The van der Waals surface area contributed by atoms with Gasteiger partial charge >= 0.3 is 0 Å². The number of carbonyl (C=O) groups is 1. The molecule has 5 nitrogen and oxygen atoms in total. The lowest BCUT2D eigenvalue weighted by molar-refractivity contribution is -0.122. The molecule has 1 heterocycles. The second-order valence-corrected chi connectivity index (χ2v) is 8.06. The van der Waals surface area contributed by atoms with Crippen LogP contribution in [0.15, 0.2) is 48.7 Å². The van der Waals surface area contributed by atoms with Crippen LogP contribution in [-0.4, -0.2) is 31.2 Å². The van der Waals surface area contributed by atoms with Gasteiger partial charge < -0.3 is 19.8 Å². The number of hydrogen-bond donors (Lipinski definition) is 2. The van der Waals surface area contributed by atoms with Gasteiger partial charge in [-0.3, -0.25) is 4.79 Å². The Morgan fingerprint density at radius 3 is 2.63 bits per heavy atom. The Bertz CT molecular complexity index is 1000. The minimum Gasteiger partial charge on any atom is -0.497 e. The maximum absolute atomic E-state index is 13.1. The van der Waals surface area contributed by atoms with Crippen molar-refractivity contribution in [2.45, 2.75) is 50.5 Å². The molecule has 30 heavy (non-hydrogen) atoms. The minimum absolute atomic E-state index is 0.0926. The fourth-order valence-corrected chi connectivity index (χ4v) is 4.59. The zero-order chi connectivity index (χ0) is 20.9. The first kappa shape index (κ1) is 20.3. The molecule has 0 spiro atoms. The van der Waals surface area contributed by atoms with Crippen LogP contribution in [0.2, 0.25) is 0 Å². The Kier molecular flexibility index (Phi) is 6.26. The summed E-state index contributed by atoms with van der Waals surface area (Å²) in [6, 6.07) is 14.3. The number of para-hydroxylation sites is 1. The van der Waals surface area contributed by atoms with Gasteiger partial charge in [-0.15, -0.1) is 0 Å². The third-order valence-electron chi connectivity index (χ3n) is 6.17. The van der Waals surface area contributed by atoms with Crippen LogP contribution < -0.4 is 14.8 Å². The zero-order valence-electron chi connectivity index (χ0n) is 17.7. The molecule has 1 aliphatic carbocycles. The molecule has 1 atom stereocenters. The smallest absolute Gasteiger partial charge is 0.221 e. The maximum atomic E-state index is 13.1. The number of amides is 1. The molecule has 0 radical (unpaired) electrons. The fourth-order valence-electron chi connectivity index (χ4n) is 4.59. The summed E-state index contributed by atoms with van der Waals surface area (Å²) in [4.78, 5) is 16.4. The van der Waals surface area contributed by atoms with E-state index >= 15 is 0 Å². The lowest BCUT2D eigenvalue weighted by Gasteiger charge is -2.25. The molecule has 2 N–H and O–H groups in total. The van der Waals surface area contributed by atoms with E-state index in [0.29, 0.717) is 12.5 Å². The SMILES string of the molecule is COc1ccc([C@@H](CC(=O)NC2CCCCC2)c2c[nH]c3ccccc23)c(OC)c1. The highest BCUT2D eigenvalue weighted by atomic mass is 16.5. The lowest BCUT2D eigenvalue weighted by Crippen LogP contribution is -2.36. The van der Waals surface area contributed by atoms with Crippen LogP contribution in [0.5, 0.6) is 11.5 Å². The van der Waals surface area contributed by atoms with E-state index in [1.54, 1.807) is 14.2 Å². The van der Waals surface area contributed by atoms with Crippen LogP contribution in [0, 0.1) is 0 Å². The van der Waals surface area contributed by atoms with E-state index in [4.69, 9.17) is 9.47 Å². The van der Waals surface area contributed by atoms with Crippen molar-refractivity contribution in [3.63, 3.8) is 0 Å². The largest absolute Gasteiger partial charge is 0.497 e. The first-order valence-electron chi connectivity index (χ1n) is 10.8. The number of nitrogens with one attached hydrogen (secondary N) is 2. The number of fused-ring (bicyclic) bond motifs is 1. The molecule has 1 saturated carbocycles. The Labute approximate surface area is 177 Å². The molecule has 1 amide bonds. The minimum atomic E-state index is -0.120. The Balaban J connectivity index is 1.69. The number of methoxy groups -OCH3 is 2. The molecule has 2 aromatic carbocycles. The molecule has 1 aliphatic rings. The standard InChI is InChI=1S/C25H30N2O3/c1-29-18-12-13-20(24(14-18)30-2)21(15-25(28)27-17-8-4-3-5-9-17)22-16-26-23-11-7-6-10-19(22)23/h6-7,10-14,16-17,21,26H,3-5,8-9,15H2,1-2H3,(H,27,28)/t21-/m1/s1. The number of hydrogen-bond acceptors (Lipinski definition) is 3. The summed E-state index contributed by atoms with van der Waals surface area (Å²) >= 11 is 0. The highest BCUT2D eigenvalue weighted by molar-refractivity contribution is 5.86. The van der Waals surface area contributed by atoms with Crippen LogP contribution in [0.3, 0.4) is 0 Å². The first-order chi connectivity index (χ1) is 14.7. The van der Waals surface area contributed by atoms with Gasteiger partial charge in [0.2, 0.25) is 5.91 Å². The number of ether oxygens (including phenoxy) is 2. The van der Waals surface area contributed by atoms with Gasteiger partial charge in [-0.1, -0.05) is 43.5 Å². The zero-order valence-corrected chi connectivity index (χ0v) is 17.7. The number of rotatable bonds is 7. The van der Waals surface area contributed by atoms with Gasteiger partial charge in [-0.05, 0) is 30.5 Å². The molecule has 3 aromatic rings. The van der Waals surface area contributed by atoms with Gasteiger partial charge in [0.05, 0.1) is 14.2 Å². The molecule has 0 bridgehead atoms. The lowest BCUT2D eigenvalue weighted by atomic mass is 9.87. The summed E-state index contributed by atoms with van der Waals surface area (Å²) in [5.74, 6) is 1.44. The van der Waals surface area contributed by atoms with Crippen molar-refractivity contribution >= 4 is 16.8 Å². The van der Waals surface area contributed by atoms with Crippen LogP contribution in [-0.2, 0) is 4.79 Å². The van der Waals surface area contributed by atoms with Gasteiger partial charge in [0.1, 0.15) is 11.5 Å².